The molecule has 20 heavy (non-hydrogen) atoms. The van der Waals surface area contributed by atoms with Crippen molar-refractivity contribution in [1.82, 2.24) is 23.8 Å². The first-order valence-electron chi connectivity index (χ1n) is 6.71. The fraction of sp³-hybridized carbons (Fsp3) is 0.818. The summed E-state index contributed by atoms with van der Waals surface area (Å²) in [4.78, 5) is 0. The Labute approximate surface area is 119 Å². The molecular weight excluding hydrogens is 282 g/mol. The second kappa shape index (κ2) is 6.61. The zero-order chi connectivity index (χ0) is 14.6. The number of hydrogen-bond acceptors (Lipinski definition) is 5. The van der Waals surface area contributed by atoms with E-state index in [4.69, 9.17) is 5.11 Å². The quantitative estimate of drug-likeness (QED) is 0.694. The van der Waals surface area contributed by atoms with Crippen molar-refractivity contribution in [3.8, 4) is 0 Å². The standard InChI is InChI=1S/C11H21N5O3S/c1-15-9-12-14-11(15)4-5-13-20(18,19)16-6-2-3-10(7-16)8-17/h9-10,13,17H,2-8H2,1H3. The molecule has 0 spiro atoms. The summed E-state index contributed by atoms with van der Waals surface area (Å²) < 4.78 is 30.0. The summed E-state index contributed by atoms with van der Waals surface area (Å²) in [7, 11) is -1.66. The van der Waals surface area contributed by atoms with E-state index in [0.29, 0.717) is 19.5 Å². The maximum atomic E-state index is 12.2. The third-order valence-corrected chi connectivity index (χ3v) is 5.10. The van der Waals surface area contributed by atoms with Crippen LogP contribution in [0.25, 0.3) is 0 Å². The van der Waals surface area contributed by atoms with Crippen LogP contribution in [0.3, 0.4) is 0 Å². The lowest BCUT2D eigenvalue weighted by Gasteiger charge is -2.30. The highest BCUT2D eigenvalue weighted by Gasteiger charge is 2.28. The second-order valence-corrected chi connectivity index (χ2v) is 6.81. The number of nitrogens with zero attached hydrogens (tertiary/aromatic N) is 4. The minimum Gasteiger partial charge on any atom is -0.396 e. The van der Waals surface area contributed by atoms with E-state index in [9.17, 15) is 8.42 Å². The first-order chi connectivity index (χ1) is 9.53. The van der Waals surface area contributed by atoms with E-state index in [1.165, 1.54) is 4.31 Å². The van der Waals surface area contributed by atoms with Gasteiger partial charge in [-0.3, -0.25) is 0 Å². The Morgan fingerprint density at radius 2 is 2.35 bits per heavy atom. The smallest absolute Gasteiger partial charge is 0.279 e. The highest BCUT2D eigenvalue weighted by atomic mass is 32.2. The maximum Gasteiger partial charge on any atom is 0.279 e. The number of nitrogens with one attached hydrogen (secondary N) is 1. The largest absolute Gasteiger partial charge is 0.396 e. The highest BCUT2D eigenvalue weighted by Crippen LogP contribution is 2.17. The minimum absolute atomic E-state index is 0.0327. The van der Waals surface area contributed by atoms with Crippen LogP contribution in [0.15, 0.2) is 6.33 Å². The average Bonchev–Trinajstić information content (AvgIpc) is 2.84. The van der Waals surface area contributed by atoms with E-state index >= 15 is 0 Å². The van der Waals surface area contributed by atoms with Gasteiger partial charge in [-0.15, -0.1) is 10.2 Å². The number of hydrogen-bond donors (Lipinski definition) is 2. The van der Waals surface area contributed by atoms with E-state index in [-0.39, 0.29) is 19.1 Å². The molecule has 1 fully saturated rings. The number of rotatable bonds is 6. The lowest BCUT2D eigenvalue weighted by Crippen LogP contribution is -2.47. The number of aliphatic hydroxyl groups is 1. The van der Waals surface area contributed by atoms with Crippen molar-refractivity contribution in [2.24, 2.45) is 13.0 Å². The summed E-state index contributed by atoms with van der Waals surface area (Å²) in [6, 6.07) is 0. The van der Waals surface area contributed by atoms with Crippen molar-refractivity contribution in [1.29, 1.82) is 0 Å². The monoisotopic (exact) mass is 303 g/mol. The predicted molar refractivity (Wildman–Crippen MR) is 73.0 cm³/mol. The molecule has 0 saturated carbocycles. The van der Waals surface area contributed by atoms with Gasteiger partial charge in [-0.05, 0) is 18.8 Å². The Bertz CT molecular complexity index is 530. The summed E-state index contributed by atoms with van der Waals surface area (Å²) >= 11 is 0. The molecule has 1 aliphatic heterocycles. The van der Waals surface area contributed by atoms with Gasteiger partial charge in [0.2, 0.25) is 0 Å². The molecular formula is C11H21N5O3S. The number of aryl methyl sites for hydroxylation is 1. The first kappa shape index (κ1) is 15.4. The molecule has 9 heteroatoms. The van der Waals surface area contributed by atoms with Crippen LogP contribution in [-0.4, -0.2) is 58.8 Å². The molecule has 2 heterocycles. The van der Waals surface area contributed by atoms with E-state index in [1.807, 2.05) is 7.05 Å². The molecule has 8 nitrogen and oxygen atoms in total. The Hall–Kier alpha value is -1.03. The number of aliphatic hydroxyl groups excluding tert-OH is 1. The zero-order valence-electron chi connectivity index (χ0n) is 11.6. The van der Waals surface area contributed by atoms with Gasteiger partial charge in [-0.1, -0.05) is 0 Å². The number of piperidine rings is 1. The summed E-state index contributed by atoms with van der Waals surface area (Å²) in [5.74, 6) is 0.777. The summed E-state index contributed by atoms with van der Waals surface area (Å²) in [6.45, 7) is 1.21. The lowest BCUT2D eigenvalue weighted by atomic mass is 10.0. The molecule has 0 aliphatic carbocycles. The minimum atomic E-state index is -3.48. The van der Waals surface area contributed by atoms with Crippen molar-refractivity contribution in [2.75, 3.05) is 26.2 Å². The Morgan fingerprint density at radius 3 is 3.00 bits per heavy atom. The van der Waals surface area contributed by atoms with Crippen molar-refractivity contribution >= 4 is 10.2 Å². The van der Waals surface area contributed by atoms with Gasteiger partial charge >= 0.3 is 0 Å². The SMILES string of the molecule is Cn1cnnc1CCNS(=O)(=O)N1CCCC(CO)C1. The van der Waals surface area contributed by atoms with E-state index in [2.05, 4.69) is 14.9 Å². The van der Waals surface area contributed by atoms with Crippen LogP contribution in [0.1, 0.15) is 18.7 Å². The molecule has 0 bridgehead atoms. The summed E-state index contributed by atoms with van der Waals surface area (Å²) in [5, 5.41) is 16.8. The molecule has 1 aliphatic rings. The fourth-order valence-corrected chi connectivity index (χ4v) is 3.63. The molecule has 0 aromatic carbocycles. The first-order valence-corrected chi connectivity index (χ1v) is 8.15. The summed E-state index contributed by atoms with van der Waals surface area (Å²) in [6.07, 6.45) is 3.74. The molecule has 1 atom stereocenters. The van der Waals surface area contributed by atoms with Crippen molar-refractivity contribution in [3.63, 3.8) is 0 Å². The van der Waals surface area contributed by atoms with Gasteiger partial charge in [0.25, 0.3) is 10.2 Å². The van der Waals surface area contributed by atoms with Crippen LogP contribution in [0, 0.1) is 5.92 Å². The van der Waals surface area contributed by atoms with Crippen LogP contribution >= 0.6 is 0 Å². The second-order valence-electron chi connectivity index (χ2n) is 5.06. The molecule has 114 valence electrons. The maximum absolute atomic E-state index is 12.2. The topological polar surface area (TPSA) is 100 Å². The number of aromatic nitrogens is 3. The molecule has 1 aromatic heterocycles. The van der Waals surface area contributed by atoms with Gasteiger partial charge in [0.1, 0.15) is 12.2 Å². The van der Waals surface area contributed by atoms with Gasteiger partial charge in [0.05, 0.1) is 0 Å². The summed E-state index contributed by atoms with van der Waals surface area (Å²) in [5.41, 5.74) is 0. The molecule has 1 aromatic rings. The molecule has 1 unspecified atom stereocenters. The normalized spacial score (nSPS) is 21.2. The van der Waals surface area contributed by atoms with Crippen LogP contribution in [0.5, 0.6) is 0 Å². The van der Waals surface area contributed by atoms with Crippen molar-refractivity contribution in [2.45, 2.75) is 19.3 Å². The van der Waals surface area contributed by atoms with Gasteiger partial charge < -0.3 is 9.67 Å². The van der Waals surface area contributed by atoms with Crippen LogP contribution in [0.4, 0.5) is 0 Å². The average molecular weight is 303 g/mol. The Morgan fingerprint density at radius 1 is 1.55 bits per heavy atom. The molecule has 0 amide bonds. The third-order valence-electron chi connectivity index (χ3n) is 3.52. The fourth-order valence-electron chi connectivity index (χ4n) is 2.31. The van der Waals surface area contributed by atoms with Gasteiger partial charge in [0, 0.05) is 39.7 Å². The van der Waals surface area contributed by atoms with Crippen LogP contribution < -0.4 is 4.72 Å². The zero-order valence-corrected chi connectivity index (χ0v) is 12.4. The van der Waals surface area contributed by atoms with Gasteiger partial charge in [-0.2, -0.15) is 12.7 Å². The predicted octanol–water partition coefficient (Wildman–Crippen LogP) is -1.10. The lowest BCUT2D eigenvalue weighted by molar-refractivity contribution is 0.165. The van der Waals surface area contributed by atoms with Gasteiger partial charge in [0.15, 0.2) is 0 Å². The van der Waals surface area contributed by atoms with Crippen molar-refractivity contribution < 1.29 is 13.5 Å². The van der Waals surface area contributed by atoms with Gasteiger partial charge in [-0.25, -0.2) is 4.72 Å². The molecule has 1 saturated heterocycles. The molecule has 0 radical (unpaired) electrons. The highest BCUT2D eigenvalue weighted by molar-refractivity contribution is 7.87. The van der Waals surface area contributed by atoms with Crippen molar-refractivity contribution in [3.05, 3.63) is 12.2 Å². The van der Waals surface area contributed by atoms with E-state index < -0.39 is 10.2 Å². The van der Waals surface area contributed by atoms with Crippen LogP contribution in [-0.2, 0) is 23.7 Å². The Kier molecular flexibility index (Phi) is 5.08. The van der Waals surface area contributed by atoms with E-state index in [0.717, 1.165) is 18.7 Å². The molecule has 2 N–H and O–H groups in total. The van der Waals surface area contributed by atoms with Crippen LogP contribution in [0.2, 0.25) is 0 Å². The molecule has 2 rings (SSSR count). The third kappa shape index (κ3) is 3.75. The van der Waals surface area contributed by atoms with E-state index in [1.54, 1.807) is 10.9 Å². The Balaban J connectivity index is 1.86.